The number of Topliss-reactive ketones (excluding diaryl/α,β-unsaturated/α-hetero) is 1. The van der Waals surface area contributed by atoms with Gasteiger partial charge in [-0.2, -0.15) is 0 Å². The fraction of sp³-hybridized carbons (Fsp3) is 0.654. The van der Waals surface area contributed by atoms with Crippen LogP contribution in [0.4, 0.5) is 0 Å². The van der Waals surface area contributed by atoms with Crippen LogP contribution in [0.25, 0.3) is 0 Å². The fourth-order valence-corrected chi connectivity index (χ4v) is 9.27. The molecule has 2 spiro atoms. The predicted molar refractivity (Wildman–Crippen MR) is 115 cm³/mol. The first-order valence-electron chi connectivity index (χ1n) is 12.1. The van der Waals surface area contributed by atoms with Gasteiger partial charge in [0.15, 0.2) is 6.10 Å². The number of epoxide rings is 1. The number of ether oxygens (including phenoxy) is 4. The smallest absolute Gasteiger partial charge is 0.339 e. The van der Waals surface area contributed by atoms with Crippen LogP contribution in [0, 0.1) is 22.2 Å². The SMILES string of the molecule is CC1(C)O[C@]2(O)C(=O)[C@]13OC(=O)C=C[C@]3(C)C1CC[C@@]3(C)[C@H](c4ccoc4)OC(=O)[C@H]4O[C@]43[C@@]12C. The van der Waals surface area contributed by atoms with E-state index in [2.05, 4.69) is 0 Å². The van der Waals surface area contributed by atoms with Crippen molar-refractivity contribution in [2.45, 2.75) is 82.3 Å². The van der Waals surface area contributed by atoms with Crippen molar-refractivity contribution in [3.05, 3.63) is 36.3 Å². The summed E-state index contributed by atoms with van der Waals surface area (Å²) < 4.78 is 29.7. The van der Waals surface area contributed by atoms with E-state index < -0.39 is 74.7 Å². The highest BCUT2D eigenvalue weighted by molar-refractivity contribution is 6.04. The summed E-state index contributed by atoms with van der Waals surface area (Å²) in [6.45, 7) is 8.99. The van der Waals surface area contributed by atoms with E-state index in [-0.39, 0.29) is 0 Å². The third kappa shape index (κ3) is 1.80. The van der Waals surface area contributed by atoms with E-state index in [1.54, 1.807) is 39.2 Å². The Kier molecular flexibility index (Phi) is 3.47. The van der Waals surface area contributed by atoms with Crippen LogP contribution in [0.1, 0.15) is 59.1 Å². The molecule has 6 aliphatic rings. The van der Waals surface area contributed by atoms with Gasteiger partial charge in [0, 0.05) is 22.5 Å². The number of hydrogen-bond donors (Lipinski definition) is 1. The molecule has 1 aromatic rings. The Morgan fingerprint density at radius 2 is 1.80 bits per heavy atom. The van der Waals surface area contributed by atoms with Gasteiger partial charge in [-0.3, -0.25) is 4.79 Å². The molecule has 1 N–H and O–H groups in total. The first-order chi connectivity index (χ1) is 16.3. The number of cyclic esters (lactones) is 1. The van der Waals surface area contributed by atoms with E-state index >= 15 is 0 Å². The summed E-state index contributed by atoms with van der Waals surface area (Å²) in [5, 5.41) is 12.3. The van der Waals surface area contributed by atoms with Crippen LogP contribution in [0.2, 0.25) is 0 Å². The van der Waals surface area contributed by atoms with Gasteiger partial charge in [-0.25, -0.2) is 9.59 Å². The second-order valence-electron chi connectivity index (χ2n) is 12.1. The van der Waals surface area contributed by atoms with Crippen LogP contribution in [0.3, 0.4) is 0 Å². The van der Waals surface area contributed by atoms with Crippen molar-refractivity contribution in [3.8, 4) is 0 Å². The minimum Gasteiger partial charge on any atom is -0.472 e. The molecule has 2 saturated carbocycles. The summed E-state index contributed by atoms with van der Waals surface area (Å²) in [4.78, 5) is 40.0. The zero-order valence-electron chi connectivity index (χ0n) is 20.2. The summed E-state index contributed by atoms with van der Waals surface area (Å²) in [6, 6.07) is 1.75. The van der Waals surface area contributed by atoms with E-state index in [0.717, 1.165) is 0 Å². The summed E-state index contributed by atoms with van der Waals surface area (Å²) in [5.74, 6) is -4.68. The lowest BCUT2D eigenvalue weighted by Crippen LogP contribution is -2.81. The molecule has 9 atom stereocenters. The molecule has 0 radical (unpaired) electrons. The standard InChI is InChI=1S/C26H28O9/c1-20(2)25-19(29)26(30,35-20)23(5)14(21(25,3)10-7-15(27)33-25)6-9-22(4)16(13-8-11-31-12-13)32-18(28)17-24(22,23)34-17/h7-8,10-12,14,16-17,30H,6,9H2,1-5H3/t14?,16-,17+,21+,22-,23+,24+,25-,26+/m0/s1. The maximum Gasteiger partial charge on any atom is 0.339 e. The molecule has 1 aromatic heterocycles. The van der Waals surface area contributed by atoms with Crippen molar-refractivity contribution < 1.29 is 42.9 Å². The maximum absolute atomic E-state index is 14.4. The van der Waals surface area contributed by atoms with Gasteiger partial charge in [0.2, 0.25) is 17.2 Å². The van der Waals surface area contributed by atoms with E-state index in [1.165, 1.54) is 12.3 Å². The number of ketones is 1. The van der Waals surface area contributed by atoms with Gasteiger partial charge in [0.1, 0.15) is 17.3 Å². The van der Waals surface area contributed by atoms with Crippen molar-refractivity contribution >= 4 is 17.7 Å². The largest absolute Gasteiger partial charge is 0.472 e. The normalized spacial score (nSPS) is 54.7. The van der Waals surface area contributed by atoms with E-state index in [4.69, 9.17) is 23.4 Å². The van der Waals surface area contributed by atoms with E-state index in [1.807, 2.05) is 13.8 Å². The number of hydrogen-bond acceptors (Lipinski definition) is 9. The molecule has 0 aromatic carbocycles. The first kappa shape index (κ1) is 21.8. The molecule has 7 rings (SSSR count). The number of rotatable bonds is 1. The van der Waals surface area contributed by atoms with Crippen LogP contribution in [-0.4, -0.2) is 51.5 Å². The molecular weight excluding hydrogens is 456 g/mol. The van der Waals surface area contributed by atoms with Crippen LogP contribution in [0.5, 0.6) is 0 Å². The monoisotopic (exact) mass is 484 g/mol. The van der Waals surface area contributed by atoms with Crippen LogP contribution < -0.4 is 0 Å². The molecule has 9 nitrogen and oxygen atoms in total. The molecular formula is C26H28O9. The second kappa shape index (κ2) is 5.58. The van der Waals surface area contributed by atoms with Crippen molar-refractivity contribution in [2.75, 3.05) is 0 Å². The number of carbonyl (C=O) groups excluding carboxylic acids is 3. The van der Waals surface area contributed by atoms with E-state index in [9.17, 15) is 19.5 Å². The molecule has 4 aliphatic heterocycles. The Bertz CT molecular complexity index is 1250. The Morgan fingerprint density at radius 3 is 2.49 bits per heavy atom. The number of carbonyl (C=O) groups is 3. The van der Waals surface area contributed by atoms with Gasteiger partial charge in [0.25, 0.3) is 0 Å². The molecule has 9 heteroatoms. The Balaban J connectivity index is 1.52. The Labute approximate surface area is 201 Å². The zero-order valence-corrected chi connectivity index (χ0v) is 20.2. The Hall–Kier alpha value is -2.49. The Morgan fingerprint density at radius 1 is 1.06 bits per heavy atom. The summed E-state index contributed by atoms with van der Waals surface area (Å²) in [7, 11) is 0. The topological polar surface area (TPSA) is 125 Å². The van der Waals surface area contributed by atoms with Gasteiger partial charge in [0.05, 0.1) is 17.9 Å². The second-order valence-corrected chi connectivity index (χ2v) is 12.1. The van der Waals surface area contributed by atoms with Crippen molar-refractivity contribution in [1.29, 1.82) is 0 Å². The highest BCUT2D eigenvalue weighted by Crippen LogP contribution is 2.83. The first-order valence-corrected chi connectivity index (χ1v) is 12.1. The molecule has 3 saturated heterocycles. The lowest BCUT2D eigenvalue weighted by atomic mass is 9.36. The number of fused-ring (bicyclic) bond motifs is 4. The average Bonchev–Trinajstić information content (AvgIpc) is 3.31. The van der Waals surface area contributed by atoms with Gasteiger partial charge in [-0.15, -0.1) is 0 Å². The van der Waals surface area contributed by atoms with Crippen molar-refractivity contribution in [2.24, 2.45) is 22.2 Å². The zero-order chi connectivity index (χ0) is 25.0. The molecule has 5 fully saturated rings. The highest BCUT2D eigenvalue weighted by Gasteiger charge is 2.97. The quantitative estimate of drug-likeness (QED) is 0.472. The average molecular weight is 485 g/mol. The highest BCUT2D eigenvalue weighted by atomic mass is 16.7. The van der Waals surface area contributed by atoms with Gasteiger partial charge >= 0.3 is 11.9 Å². The van der Waals surface area contributed by atoms with Gasteiger partial charge in [-0.1, -0.05) is 26.8 Å². The third-order valence-corrected chi connectivity index (χ3v) is 10.6. The lowest BCUT2D eigenvalue weighted by molar-refractivity contribution is -0.317. The van der Waals surface area contributed by atoms with Crippen LogP contribution in [-0.2, 0) is 33.3 Å². The van der Waals surface area contributed by atoms with Gasteiger partial charge in [-0.05, 0) is 38.7 Å². The molecule has 35 heavy (non-hydrogen) atoms. The minimum atomic E-state index is -2.36. The number of aliphatic hydroxyl groups is 1. The minimum absolute atomic E-state index is 0.419. The summed E-state index contributed by atoms with van der Waals surface area (Å²) in [6.07, 6.45) is 5.61. The van der Waals surface area contributed by atoms with Crippen molar-refractivity contribution in [1.82, 2.24) is 0 Å². The van der Waals surface area contributed by atoms with Crippen LogP contribution >= 0.6 is 0 Å². The fourth-order valence-electron chi connectivity index (χ4n) is 9.27. The molecule has 2 aliphatic carbocycles. The molecule has 1 unspecified atom stereocenters. The van der Waals surface area contributed by atoms with Crippen LogP contribution in [0.15, 0.2) is 35.2 Å². The summed E-state index contributed by atoms with van der Waals surface area (Å²) in [5.41, 5.74) is -6.81. The molecule has 5 heterocycles. The predicted octanol–water partition coefficient (Wildman–Crippen LogP) is 2.38. The summed E-state index contributed by atoms with van der Waals surface area (Å²) >= 11 is 0. The number of furan rings is 1. The number of esters is 2. The molecule has 2 bridgehead atoms. The van der Waals surface area contributed by atoms with Gasteiger partial charge < -0.3 is 28.5 Å². The van der Waals surface area contributed by atoms with E-state index in [0.29, 0.717) is 18.4 Å². The maximum atomic E-state index is 14.4. The lowest BCUT2D eigenvalue weighted by Gasteiger charge is -2.67. The molecule has 0 amide bonds. The molecule has 186 valence electrons. The van der Waals surface area contributed by atoms with Crippen molar-refractivity contribution in [3.63, 3.8) is 0 Å². The third-order valence-electron chi connectivity index (χ3n) is 10.6.